The lowest BCUT2D eigenvalue weighted by Gasteiger charge is -2.31. The topological polar surface area (TPSA) is 82.3 Å². The maximum Gasteiger partial charge on any atom is 0.318 e. The molecule has 3 N–H and O–H groups in total. The number of H-pyrrole nitrogens is 1. The summed E-state index contributed by atoms with van der Waals surface area (Å²) >= 11 is 6.28. The molecule has 2 aromatic rings. The molecule has 0 fully saturated rings. The van der Waals surface area contributed by atoms with Crippen LogP contribution in [-0.4, -0.2) is 36.2 Å². The smallest absolute Gasteiger partial charge is 0.318 e. The average molecular weight is 322 g/mol. The van der Waals surface area contributed by atoms with Crippen LogP contribution in [0.5, 0.6) is 5.75 Å². The van der Waals surface area contributed by atoms with Crippen LogP contribution < -0.4 is 20.3 Å². The van der Waals surface area contributed by atoms with E-state index < -0.39 is 0 Å². The van der Waals surface area contributed by atoms with E-state index in [1.54, 1.807) is 25.6 Å². The number of hydrogen-bond acceptors (Lipinski definition) is 4. The molecule has 0 saturated heterocycles. The second-order valence-electron chi connectivity index (χ2n) is 4.86. The third-order valence-electron chi connectivity index (χ3n) is 3.37. The van der Waals surface area contributed by atoms with Crippen molar-refractivity contribution in [1.82, 2.24) is 15.3 Å². The van der Waals surface area contributed by atoms with E-state index in [4.69, 9.17) is 16.3 Å². The minimum absolute atomic E-state index is 0.298. The molecule has 0 saturated carbocycles. The van der Waals surface area contributed by atoms with Gasteiger partial charge in [-0.25, -0.2) is 9.78 Å². The Morgan fingerprint density at radius 2 is 2.41 bits per heavy atom. The Morgan fingerprint density at radius 3 is 3.14 bits per heavy atom. The fourth-order valence-electron chi connectivity index (χ4n) is 2.34. The number of ether oxygens (including phenoxy) is 1. The van der Waals surface area contributed by atoms with Crippen LogP contribution in [0.15, 0.2) is 24.7 Å². The Morgan fingerprint density at radius 1 is 1.55 bits per heavy atom. The predicted octanol–water partition coefficient (Wildman–Crippen LogP) is 2.21. The summed E-state index contributed by atoms with van der Waals surface area (Å²) in [5.74, 6) is 0.634. The van der Waals surface area contributed by atoms with Gasteiger partial charge in [0.1, 0.15) is 6.61 Å². The van der Waals surface area contributed by atoms with Gasteiger partial charge in [-0.2, -0.15) is 0 Å². The first-order chi connectivity index (χ1) is 10.7. The number of aromatic nitrogens is 2. The molecule has 7 nitrogen and oxygen atoms in total. The van der Waals surface area contributed by atoms with Gasteiger partial charge in [0.15, 0.2) is 5.75 Å². The monoisotopic (exact) mass is 321 g/mol. The third kappa shape index (κ3) is 2.94. The lowest BCUT2D eigenvalue weighted by atomic mass is 10.2. The molecule has 2 amide bonds. The third-order valence-corrected chi connectivity index (χ3v) is 3.65. The number of imidazole rings is 1. The average Bonchev–Trinajstić information content (AvgIpc) is 3.01. The zero-order chi connectivity index (χ0) is 15.5. The highest BCUT2D eigenvalue weighted by atomic mass is 35.5. The molecule has 1 aliphatic heterocycles. The van der Waals surface area contributed by atoms with Gasteiger partial charge in [-0.3, -0.25) is 0 Å². The van der Waals surface area contributed by atoms with Gasteiger partial charge in [-0.15, -0.1) is 0 Å². The van der Waals surface area contributed by atoms with Crippen LogP contribution >= 0.6 is 11.6 Å². The fraction of sp³-hybridized carbons (Fsp3) is 0.286. The van der Waals surface area contributed by atoms with Crippen LogP contribution in [0.3, 0.4) is 0 Å². The second kappa shape index (κ2) is 6.15. The molecule has 8 heteroatoms. The molecule has 3 rings (SSSR count). The van der Waals surface area contributed by atoms with E-state index in [1.807, 2.05) is 6.07 Å². The molecule has 22 heavy (non-hydrogen) atoms. The fourth-order valence-corrected chi connectivity index (χ4v) is 2.61. The molecule has 1 aromatic heterocycles. The number of nitrogens with one attached hydrogen (secondary N) is 3. The number of nitrogens with zero attached hydrogens (tertiary/aromatic N) is 2. The Kier molecular flexibility index (Phi) is 4.06. The summed E-state index contributed by atoms with van der Waals surface area (Å²) < 4.78 is 5.66. The number of anilines is 2. The predicted molar refractivity (Wildman–Crippen MR) is 84.7 cm³/mol. The van der Waals surface area contributed by atoms with Gasteiger partial charge in [0, 0.05) is 18.9 Å². The van der Waals surface area contributed by atoms with Crippen molar-refractivity contribution in [3.63, 3.8) is 0 Å². The Bertz CT molecular complexity index is 674. The van der Waals surface area contributed by atoms with Crippen LogP contribution in [0.1, 0.15) is 5.69 Å². The van der Waals surface area contributed by atoms with Crippen molar-refractivity contribution in [1.29, 1.82) is 0 Å². The summed E-state index contributed by atoms with van der Waals surface area (Å²) in [7, 11) is 1.56. The standard InChI is InChI=1S/C14H16ClN5O2/c1-16-14(21)19-9-4-11(15)13-12(5-9)20(2-3-22-13)7-10-6-17-8-18-10/h4-6,8H,2-3,7H2,1H3,(H,17,18)(H2,16,19,21). The van der Waals surface area contributed by atoms with Gasteiger partial charge in [0.2, 0.25) is 0 Å². The number of halogens is 1. The minimum Gasteiger partial charge on any atom is -0.488 e. The van der Waals surface area contributed by atoms with E-state index >= 15 is 0 Å². The maximum absolute atomic E-state index is 11.5. The van der Waals surface area contributed by atoms with Gasteiger partial charge in [-0.1, -0.05) is 11.6 Å². The van der Waals surface area contributed by atoms with Crippen LogP contribution in [0.25, 0.3) is 0 Å². The summed E-state index contributed by atoms with van der Waals surface area (Å²) in [6.07, 6.45) is 3.43. The van der Waals surface area contributed by atoms with Crippen molar-refractivity contribution in [2.45, 2.75) is 6.54 Å². The van der Waals surface area contributed by atoms with Crippen LogP contribution in [0.2, 0.25) is 5.02 Å². The second-order valence-corrected chi connectivity index (χ2v) is 5.26. The summed E-state index contributed by atoms with van der Waals surface area (Å²) in [5, 5.41) is 5.70. The van der Waals surface area contributed by atoms with E-state index in [9.17, 15) is 4.79 Å². The SMILES string of the molecule is CNC(=O)Nc1cc(Cl)c2c(c1)N(Cc1cnc[nH]1)CCO2. The van der Waals surface area contributed by atoms with Crippen molar-refractivity contribution in [2.75, 3.05) is 30.4 Å². The number of carbonyl (C=O) groups is 1. The summed E-state index contributed by atoms with van der Waals surface area (Å²) in [6, 6.07) is 3.23. The normalized spacial score (nSPS) is 13.3. The molecule has 0 aliphatic carbocycles. The zero-order valence-corrected chi connectivity index (χ0v) is 12.8. The number of amides is 2. The van der Waals surface area contributed by atoms with Crippen molar-refractivity contribution < 1.29 is 9.53 Å². The Labute approximate surface area is 132 Å². The number of carbonyl (C=O) groups excluding carboxylic acids is 1. The molecular weight excluding hydrogens is 306 g/mol. The number of rotatable bonds is 3. The summed E-state index contributed by atoms with van der Waals surface area (Å²) in [4.78, 5) is 20.7. The molecule has 0 radical (unpaired) electrons. The van der Waals surface area contributed by atoms with Crippen molar-refractivity contribution >= 4 is 29.0 Å². The van der Waals surface area contributed by atoms with Gasteiger partial charge in [0.25, 0.3) is 0 Å². The maximum atomic E-state index is 11.5. The lowest BCUT2D eigenvalue weighted by Crippen LogP contribution is -2.32. The van der Waals surface area contributed by atoms with Crippen LogP contribution in [-0.2, 0) is 6.54 Å². The van der Waals surface area contributed by atoms with Crippen LogP contribution in [0, 0.1) is 0 Å². The molecule has 0 atom stereocenters. The van der Waals surface area contributed by atoms with Crippen molar-refractivity contribution in [2.24, 2.45) is 0 Å². The minimum atomic E-state index is -0.298. The molecule has 0 unspecified atom stereocenters. The first-order valence-electron chi connectivity index (χ1n) is 6.84. The molecule has 0 spiro atoms. The number of hydrogen-bond donors (Lipinski definition) is 3. The quantitative estimate of drug-likeness (QED) is 0.809. The highest BCUT2D eigenvalue weighted by Gasteiger charge is 2.22. The van der Waals surface area contributed by atoms with Crippen molar-refractivity contribution in [3.8, 4) is 5.75 Å². The summed E-state index contributed by atoms with van der Waals surface area (Å²) in [5.41, 5.74) is 2.46. The zero-order valence-electron chi connectivity index (χ0n) is 12.0. The van der Waals surface area contributed by atoms with E-state index in [1.165, 1.54) is 0 Å². The number of fused-ring (bicyclic) bond motifs is 1. The number of urea groups is 1. The number of aromatic amines is 1. The highest BCUT2D eigenvalue weighted by molar-refractivity contribution is 6.33. The van der Waals surface area contributed by atoms with E-state index in [2.05, 4.69) is 25.5 Å². The van der Waals surface area contributed by atoms with E-state index in [0.29, 0.717) is 29.6 Å². The van der Waals surface area contributed by atoms with Crippen LogP contribution in [0.4, 0.5) is 16.2 Å². The first kappa shape index (κ1) is 14.5. The number of benzene rings is 1. The van der Waals surface area contributed by atoms with E-state index in [0.717, 1.165) is 17.9 Å². The molecule has 2 heterocycles. The molecular formula is C14H16ClN5O2. The molecule has 1 aromatic carbocycles. The highest BCUT2D eigenvalue weighted by Crippen LogP contribution is 2.41. The van der Waals surface area contributed by atoms with Gasteiger partial charge >= 0.3 is 6.03 Å². The first-order valence-corrected chi connectivity index (χ1v) is 7.22. The lowest BCUT2D eigenvalue weighted by molar-refractivity contribution is 0.254. The molecule has 0 bridgehead atoms. The van der Waals surface area contributed by atoms with Gasteiger partial charge < -0.3 is 25.3 Å². The van der Waals surface area contributed by atoms with Gasteiger partial charge in [-0.05, 0) is 12.1 Å². The molecule has 116 valence electrons. The largest absolute Gasteiger partial charge is 0.488 e. The van der Waals surface area contributed by atoms with Crippen molar-refractivity contribution in [3.05, 3.63) is 35.4 Å². The van der Waals surface area contributed by atoms with Gasteiger partial charge in [0.05, 0.1) is 35.8 Å². The summed E-state index contributed by atoms with van der Waals surface area (Å²) in [6.45, 7) is 1.95. The Balaban J connectivity index is 1.91. The molecule has 1 aliphatic rings. The Hall–Kier alpha value is -2.41. The van der Waals surface area contributed by atoms with E-state index in [-0.39, 0.29) is 6.03 Å².